The van der Waals surface area contributed by atoms with Gasteiger partial charge in [0.1, 0.15) is 0 Å². The summed E-state index contributed by atoms with van der Waals surface area (Å²) in [7, 11) is 0. The Kier molecular flexibility index (Phi) is 3.46. The topological polar surface area (TPSA) is 29.9 Å². The smallest absolute Gasteiger partial charge is 0.0994 e. The summed E-state index contributed by atoms with van der Waals surface area (Å²) in [6, 6.07) is 8.30. The maximum atomic E-state index is 4.38. The van der Waals surface area contributed by atoms with Gasteiger partial charge in [-0.2, -0.15) is 0 Å². The van der Waals surface area contributed by atoms with E-state index in [0.717, 1.165) is 36.1 Å². The molecule has 100 valence electrons. The number of para-hydroxylation sites is 1. The van der Waals surface area contributed by atoms with E-state index < -0.39 is 0 Å². The van der Waals surface area contributed by atoms with Crippen molar-refractivity contribution in [1.29, 1.82) is 0 Å². The molecule has 3 nitrogen and oxygen atoms in total. The first-order chi connectivity index (χ1) is 9.21. The van der Waals surface area contributed by atoms with Crippen molar-refractivity contribution in [1.82, 2.24) is 14.9 Å². The van der Waals surface area contributed by atoms with Crippen LogP contribution in [0.2, 0.25) is 0 Å². The number of hydrogen-bond acceptors (Lipinski definition) is 2. The second-order valence-corrected chi connectivity index (χ2v) is 6.27. The summed E-state index contributed by atoms with van der Waals surface area (Å²) in [5, 5.41) is 3.43. The van der Waals surface area contributed by atoms with Gasteiger partial charge >= 0.3 is 0 Å². The first-order valence-corrected chi connectivity index (χ1v) is 7.48. The van der Waals surface area contributed by atoms with Crippen LogP contribution in [0, 0.1) is 0 Å². The van der Waals surface area contributed by atoms with Crippen LogP contribution in [0.15, 0.2) is 41.3 Å². The van der Waals surface area contributed by atoms with Gasteiger partial charge in [0.25, 0.3) is 0 Å². The molecule has 1 fully saturated rings. The Morgan fingerprint density at radius 2 is 2.00 bits per heavy atom. The van der Waals surface area contributed by atoms with Gasteiger partial charge in [0.15, 0.2) is 0 Å². The summed E-state index contributed by atoms with van der Waals surface area (Å²) >= 11 is 3.63. The van der Waals surface area contributed by atoms with Crippen molar-refractivity contribution in [3.63, 3.8) is 0 Å². The zero-order valence-corrected chi connectivity index (χ0v) is 12.7. The molecule has 2 heterocycles. The molecule has 0 unspecified atom stereocenters. The highest BCUT2D eigenvalue weighted by Gasteiger charge is 2.32. The van der Waals surface area contributed by atoms with E-state index in [9.17, 15) is 0 Å². The van der Waals surface area contributed by atoms with Crippen LogP contribution in [-0.4, -0.2) is 22.6 Å². The van der Waals surface area contributed by atoms with Gasteiger partial charge in [-0.05, 0) is 54.0 Å². The molecule has 1 aliphatic rings. The Bertz CT molecular complexity index is 570. The van der Waals surface area contributed by atoms with Gasteiger partial charge in [-0.25, -0.2) is 4.98 Å². The molecule has 3 rings (SSSR count). The van der Waals surface area contributed by atoms with E-state index >= 15 is 0 Å². The van der Waals surface area contributed by atoms with Crippen LogP contribution in [0.1, 0.15) is 25.5 Å². The van der Waals surface area contributed by atoms with Crippen molar-refractivity contribution in [3.05, 3.63) is 47.0 Å². The lowest BCUT2D eigenvalue weighted by Gasteiger charge is -2.34. The van der Waals surface area contributed by atoms with Crippen molar-refractivity contribution in [2.75, 3.05) is 13.1 Å². The molecule has 1 N–H and O–H groups in total. The van der Waals surface area contributed by atoms with Gasteiger partial charge in [-0.15, -0.1) is 0 Å². The zero-order chi connectivity index (χ0) is 13.3. The maximum Gasteiger partial charge on any atom is 0.0994 e. The van der Waals surface area contributed by atoms with Crippen LogP contribution in [0.3, 0.4) is 0 Å². The fourth-order valence-electron chi connectivity index (χ4n) is 2.82. The molecular weight excluding hydrogens is 302 g/mol. The number of aromatic nitrogens is 2. The number of rotatable bonds is 2. The Hall–Kier alpha value is -1.13. The van der Waals surface area contributed by atoms with Crippen molar-refractivity contribution < 1.29 is 0 Å². The van der Waals surface area contributed by atoms with Crippen LogP contribution < -0.4 is 5.32 Å². The summed E-state index contributed by atoms with van der Waals surface area (Å²) in [5.74, 6) is 0. The van der Waals surface area contributed by atoms with E-state index in [1.54, 1.807) is 0 Å². The van der Waals surface area contributed by atoms with E-state index in [1.165, 1.54) is 5.69 Å². The molecule has 1 aliphatic heterocycles. The normalized spacial score (nSPS) is 18.4. The minimum Gasteiger partial charge on any atom is -0.317 e. The number of nitrogens with one attached hydrogen (secondary N) is 1. The average Bonchev–Trinajstić information content (AvgIpc) is 2.90. The highest BCUT2D eigenvalue weighted by Crippen LogP contribution is 2.35. The minimum atomic E-state index is 0.205. The number of halogens is 1. The highest BCUT2D eigenvalue weighted by molar-refractivity contribution is 9.10. The van der Waals surface area contributed by atoms with Crippen molar-refractivity contribution in [2.24, 2.45) is 0 Å². The Balaban J connectivity index is 2.06. The molecule has 0 bridgehead atoms. The molecule has 0 atom stereocenters. The number of piperidine rings is 1. The molecule has 0 amide bonds. The van der Waals surface area contributed by atoms with Crippen LogP contribution in [-0.2, 0) is 5.41 Å². The van der Waals surface area contributed by atoms with E-state index in [-0.39, 0.29) is 5.41 Å². The first kappa shape index (κ1) is 12.9. The highest BCUT2D eigenvalue weighted by atomic mass is 79.9. The van der Waals surface area contributed by atoms with Crippen molar-refractivity contribution in [2.45, 2.75) is 25.2 Å². The molecule has 0 saturated carbocycles. The van der Waals surface area contributed by atoms with Gasteiger partial charge in [-0.1, -0.05) is 19.1 Å². The largest absolute Gasteiger partial charge is 0.317 e. The van der Waals surface area contributed by atoms with Gasteiger partial charge in [0, 0.05) is 21.8 Å². The number of hydrogen-bond donors (Lipinski definition) is 1. The summed E-state index contributed by atoms with van der Waals surface area (Å²) in [4.78, 5) is 4.38. The second-order valence-electron chi connectivity index (χ2n) is 5.41. The van der Waals surface area contributed by atoms with Gasteiger partial charge < -0.3 is 9.88 Å². The Morgan fingerprint density at radius 3 is 2.74 bits per heavy atom. The minimum absolute atomic E-state index is 0.205. The first-order valence-electron chi connectivity index (χ1n) is 6.69. The molecule has 0 radical (unpaired) electrons. The van der Waals surface area contributed by atoms with E-state index in [2.05, 4.69) is 55.9 Å². The molecular formula is C15H18BrN3. The van der Waals surface area contributed by atoms with Gasteiger partial charge in [0.05, 0.1) is 12.0 Å². The monoisotopic (exact) mass is 319 g/mol. The summed E-state index contributed by atoms with van der Waals surface area (Å²) < 4.78 is 3.32. The fraction of sp³-hybridized carbons (Fsp3) is 0.400. The molecule has 1 saturated heterocycles. The third-order valence-electron chi connectivity index (χ3n) is 4.08. The molecule has 19 heavy (non-hydrogen) atoms. The second kappa shape index (κ2) is 5.10. The zero-order valence-electron chi connectivity index (χ0n) is 11.1. The van der Waals surface area contributed by atoms with Crippen LogP contribution >= 0.6 is 15.9 Å². The van der Waals surface area contributed by atoms with Crippen LogP contribution in [0.5, 0.6) is 0 Å². The number of benzene rings is 1. The van der Waals surface area contributed by atoms with E-state index in [4.69, 9.17) is 0 Å². The lowest BCUT2D eigenvalue weighted by molar-refractivity contribution is 0.324. The summed E-state index contributed by atoms with van der Waals surface area (Å²) in [6.45, 7) is 4.51. The lowest BCUT2D eigenvalue weighted by Crippen LogP contribution is -2.38. The third kappa shape index (κ3) is 2.35. The molecule has 1 aromatic heterocycles. The summed E-state index contributed by atoms with van der Waals surface area (Å²) in [5.41, 5.74) is 2.67. The standard InChI is InChI=1S/C15H18BrN3/c1-15(6-8-17-9-7-15)14-10-18-11-19(14)13-5-3-2-4-12(13)16/h2-5,10-11,17H,6-9H2,1H3. The Labute approximate surface area is 122 Å². The molecule has 0 aliphatic carbocycles. The van der Waals surface area contributed by atoms with E-state index in [0.29, 0.717) is 0 Å². The summed E-state index contributed by atoms with van der Waals surface area (Å²) in [6.07, 6.45) is 6.25. The van der Waals surface area contributed by atoms with Crippen LogP contribution in [0.4, 0.5) is 0 Å². The van der Waals surface area contributed by atoms with Gasteiger partial charge in [0.2, 0.25) is 0 Å². The maximum absolute atomic E-state index is 4.38. The van der Waals surface area contributed by atoms with Gasteiger partial charge in [-0.3, -0.25) is 0 Å². The molecule has 0 spiro atoms. The molecule has 2 aromatic rings. The van der Waals surface area contributed by atoms with Crippen molar-refractivity contribution in [3.8, 4) is 5.69 Å². The van der Waals surface area contributed by atoms with E-state index in [1.807, 2.05) is 18.6 Å². The molecule has 1 aromatic carbocycles. The predicted octanol–water partition coefficient (Wildman–Crippen LogP) is 3.28. The number of imidazole rings is 1. The quantitative estimate of drug-likeness (QED) is 0.920. The predicted molar refractivity (Wildman–Crippen MR) is 80.7 cm³/mol. The molecule has 4 heteroatoms. The van der Waals surface area contributed by atoms with Crippen molar-refractivity contribution >= 4 is 15.9 Å². The number of nitrogens with zero attached hydrogens (tertiary/aromatic N) is 2. The third-order valence-corrected chi connectivity index (χ3v) is 4.75. The SMILES string of the molecule is CC1(c2cncn2-c2ccccc2Br)CCNCC1. The Morgan fingerprint density at radius 1 is 1.26 bits per heavy atom. The lowest BCUT2D eigenvalue weighted by atomic mass is 9.78. The average molecular weight is 320 g/mol. The van der Waals surface area contributed by atoms with Crippen LogP contribution in [0.25, 0.3) is 5.69 Å². The fourth-order valence-corrected chi connectivity index (χ4v) is 3.29.